The normalized spacial score (nSPS) is 12.2. The number of halogens is 3. The topological polar surface area (TPSA) is 68.6 Å². The molecule has 0 unspecified atom stereocenters. The smallest absolute Gasteiger partial charge is 0.364 e. The zero-order chi connectivity index (χ0) is 23.0. The molecule has 164 valence electrons. The number of aryl methyl sites for hydroxylation is 1. The highest BCUT2D eigenvalue weighted by atomic mass is 32.2. The van der Waals surface area contributed by atoms with Gasteiger partial charge in [-0.2, -0.15) is 13.2 Å². The molecule has 2 aromatic carbocycles. The van der Waals surface area contributed by atoms with Crippen molar-refractivity contribution in [2.75, 3.05) is 18.7 Å². The van der Waals surface area contributed by atoms with E-state index in [1.807, 2.05) is 0 Å². The number of fused-ring (bicyclic) bond motifs is 1. The fourth-order valence-electron chi connectivity index (χ4n) is 3.09. The first-order valence-corrected chi connectivity index (χ1v) is 10.4. The van der Waals surface area contributed by atoms with E-state index in [2.05, 4.69) is 6.58 Å². The number of carbonyl (C=O) groups excluding carboxylic acids is 1. The number of anilines is 1. The van der Waals surface area contributed by atoms with Gasteiger partial charge in [-0.3, -0.25) is 9.69 Å². The van der Waals surface area contributed by atoms with Crippen molar-refractivity contribution in [2.45, 2.75) is 18.0 Å². The van der Waals surface area contributed by atoms with Crippen LogP contribution in [0.4, 0.5) is 18.9 Å². The first kappa shape index (κ1) is 22.6. The standard InChI is InChI=1S/C21H19F3N2O4S/c1-4-20(27)25(13-30-3)19-12-26(31(28,29)16-8-5-14(2)6-9-16)18-11-15(21(22,23)24)7-10-17(18)19/h4-12H,1,13H2,2-3H3. The minimum Gasteiger partial charge on any atom is -0.364 e. The van der Waals surface area contributed by atoms with Crippen LogP contribution in [-0.2, 0) is 25.7 Å². The summed E-state index contributed by atoms with van der Waals surface area (Å²) in [4.78, 5) is 13.3. The Bertz CT molecular complexity index is 1250. The van der Waals surface area contributed by atoms with Crippen molar-refractivity contribution < 1.29 is 31.1 Å². The predicted octanol–water partition coefficient (Wildman–Crippen LogP) is 4.33. The van der Waals surface area contributed by atoms with Gasteiger partial charge in [0, 0.05) is 18.7 Å². The molecule has 0 atom stereocenters. The molecule has 6 nitrogen and oxygen atoms in total. The predicted molar refractivity (Wildman–Crippen MR) is 110 cm³/mol. The molecule has 0 aliphatic heterocycles. The molecule has 3 rings (SSSR count). The van der Waals surface area contributed by atoms with Crippen LogP contribution >= 0.6 is 0 Å². The molecule has 0 aliphatic carbocycles. The number of amides is 1. The molecule has 0 N–H and O–H groups in total. The number of nitrogens with zero attached hydrogens (tertiary/aromatic N) is 2. The average molecular weight is 452 g/mol. The van der Waals surface area contributed by atoms with E-state index in [0.29, 0.717) is 0 Å². The van der Waals surface area contributed by atoms with Crippen LogP contribution in [0.15, 0.2) is 66.2 Å². The third-order valence-corrected chi connectivity index (χ3v) is 6.33. The summed E-state index contributed by atoms with van der Waals surface area (Å²) in [7, 11) is -2.93. The Balaban J connectivity index is 2.35. The minimum atomic E-state index is -4.68. The fourth-order valence-corrected chi connectivity index (χ4v) is 4.44. The van der Waals surface area contributed by atoms with E-state index in [-0.39, 0.29) is 28.2 Å². The van der Waals surface area contributed by atoms with Gasteiger partial charge in [0.1, 0.15) is 6.73 Å². The second-order valence-corrected chi connectivity index (χ2v) is 8.56. The Kier molecular flexibility index (Phi) is 5.97. The number of rotatable bonds is 6. The Hall–Kier alpha value is -3.11. The summed E-state index contributed by atoms with van der Waals surface area (Å²) in [5.74, 6) is -0.603. The monoisotopic (exact) mass is 452 g/mol. The maximum absolute atomic E-state index is 13.3. The second kappa shape index (κ2) is 8.20. The molecule has 1 aromatic heterocycles. The van der Waals surface area contributed by atoms with Crippen molar-refractivity contribution in [3.05, 3.63) is 72.4 Å². The summed E-state index contributed by atoms with van der Waals surface area (Å²) in [5.41, 5.74) is -0.341. The van der Waals surface area contributed by atoms with Crippen molar-refractivity contribution in [2.24, 2.45) is 0 Å². The van der Waals surface area contributed by atoms with Crippen LogP contribution in [0.3, 0.4) is 0 Å². The summed E-state index contributed by atoms with van der Waals surface area (Å²) in [6.07, 6.45) is -2.57. The molecule has 1 amide bonds. The molecule has 0 radical (unpaired) electrons. The quantitative estimate of drug-likeness (QED) is 0.413. The van der Waals surface area contributed by atoms with Crippen LogP contribution < -0.4 is 4.90 Å². The van der Waals surface area contributed by atoms with Crippen LogP contribution in [-0.4, -0.2) is 32.1 Å². The van der Waals surface area contributed by atoms with Gasteiger partial charge in [-0.25, -0.2) is 12.4 Å². The van der Waals surface area contributed by atoms with Gasteiger partial charge in [0.25, 0.3) is 15.9 Å². The summed E-state index contributed by atoms with van der Waals surface area (Å²) < 4.78 is 72.3. The van der Waals surface area contributed by atoms with Gasteiger partial charge in [-0.05, 0) is 37.3 Å². The van der Waals surface area contributed by atoms with Crippen LogP contribution in [0.5, 0.6) is 0 Å². The number of carbonyl (C=O) groups is 1. The Morgan fingerprint density at radius 1 is 1.19 bits per heavy atom. The lowest BCUT2D eigenvalue weighted by atomic mass is 10.1. The maximum Gasteiger partial charge on any atom is 0.416 e. The van der Waals surface area contributed by atoms with Crippen molar-refractivity contribution in [1.29, 1.82) is 0 Å². The third kappa shape index (κ3) is 4.21. The number of aromatic nitrogens is 1. The van der Waals surface area contributed by atoms with E-state index in [0.717, 1.165) is 44.9 Å². The molecular formula is C21H19F3N2O4S. The lowest BCUT2D eigenvalue weighted by Crippen LogP contribution is -2.31. The van der Waals surface area contributed by atoms with E-state index in [1.165, 1.54) is 19.2 Å². The van der Waals surface area contributed by atoms with E-state index in [4.69, 9.17) is 4.74 Å². The molecule has 0 saturated heterocycles. The highest BCUT2D eigenvalue weighted by molar-refractivity contribution is 7.90. The van der Waals surface area contributed by atoms with Gasteiger partial charge in [-0.1, -0.05) is 30.3 Å². The molecule has 1 heterocycles. The second-order valence-electron chi connectivity index (χ2n) is 6.75. The summed E-state index contributed by atoms with van der Waals surface area (Å²) in [5, 5.41) is 0.135. The van der Waals surface area contributed by atoms with E-state index < -0.39 is 27.7 Å². The summed E-state index contributed by atoms with van der Waals surface area (Å²) in [6.45, 7) is 4.93. The largest absolute Gasteiger partial charge is 0.416 e. The van der Waals surface area contributed by atoms with Gasteiger partial charge in [-0.15, -0.1) is 0 Å². The minimum absolute atomic E-state index is 0.0751. The van der Waals surface area contributed by atoms with Crippen LogP contribution in [0.2, 0.25) is 0 Å². The zero-order valence-corrected chi connectivity index (χ0v) is 17.5. The molecule has 3 aromatic rings. The molecule has 0 fully saturated rings. The van der Waals surface area contributed by atoms with Gasteiger partial charge >= 0.3 is 6.18 Å². The van der Waals surface area contributed by atoms with Crippen LogP contribution in [0, 0.1) is 6.92 Å². The average Bonchev–Trinajstić information content (AvgIpc) is 3.10. The SMILES string of the molecule is C=CC(=O)N(COC)c1cn(S(=O)(=O)c2ccc(C)cc2)c2cc(C(F)(F)F)ccc12. The number of ether oxygens (including phenoxy) is 1. The van der Waals surface area contributed by atoms with Crippen molar-refractivity contribution in [1.82, 2.24) is 3.97 Å². The van der Waals surface area contributed by atoms with Crippen LogP contribution in [0.25, 0.3) is 10.9 Å². The van der Waals surface area contributed by atoms with E-state index >= 15 is 0 Å². The lowest BCUT2D eigenvalue weighted by Gasteiger charge is -2.19. The molecule has 10 heteroatoms. The molecular weight excluding hydrogens is 433 g/mol. The van der Waals surface area contributed by atoms with Gasteiger partial charge in [0.05, 0.1) is 21.7 Å². The highest BCUT2D eigenvalue weighted by Gasteiger charge is 2.33. The van der Waals surface area contributed by atoms with Gasteiger partial charge in [0.15, 0.2) is 0 Å². The zero-order valence-electron chi connectivity index (χ0n) is 16.7. The number of benzene rings is 2. The Morgan fingerprint density at radius 3 is 2.39 bits per heavy atom. The number of methoxy groups -OCH3 is 1. The summed E-state index contributed by atoms with van der Waals surface area (Å²) in [6, 6.07) is 8.61. The maximum atomic E-state index is 13.3. The van der Waals surface area contributed by atoms with Gasteiger partial charge < -0.3 is 4.74 Å². The number of alkyl halides is 3. The molecule has 0 saturated carbocycles. The Morgan fingerprint density at radius 2 is 1.84 bits per heavy atom. The number of hydrogen-bond acceptors (Lipinski definition) is 4. The highest BCUT2D eigenvalue weighted by Crippen LogP contribution is 2.37. The van der Waals surface area contributed by atoms with Crippen molar-refractivity contribution in [3.63, 3.8) is 0 Å². The lowest BCUT2D eigenvalue weighted by molar-refractivity contribution is -0.137. The van der Waals surface area contributed by atoms with E-state index in [1.54, 1.807) is 19.1 Å². The first-order chi connectivity index (χ1) is 14.5. The van der Waals surface area contributed by atoms with Crippen molar-refractivity contribution in [3.8, 4) is 0 Å². The molecule has 0 spiro atoms. The third-order valence-electron chi connectivity index (χ3n) is 4.65. The van der Waals surface area contributed by atoms with Crippen LogP contribution in [0.1, 0.15) is 11.1 Å². The Labute approximate surface area is 177 Å². The van der Waals surface area contributed by atoms with E-state index in [9.17, 15) is 26.4 Å². The summed E-state index contributed by atoms with van der Waals surface area (Å²) >= 11 is 0. The number of hydrogen-bond donors (Lipinski definition) is 0. The van der Waals surface area contributed by atoms with Gasteiger partial charge in [0.2, 0.25) is 0 Å². The molecule has 0 bridgehead atoms. The molecule has 0 aliphatic rings. The first-order valence-electron chi connectivity index (χ1n) is 8.98. The van der Waals surface area contributed by atoms with Crippen molar-refractivity contribution >= 4 is 32.5 Å². The fraction of sp³-hybridized carbons (Fsp3) is 0.190. The molecule has 31 heavy (non-hydrogen) atoms.